The summed E-state index contributed by atoms with van der Waals surface area (Å²) in [5, 5.41) is 7.08. The molecule has 0 aliphatic rings. The third kappa shape index (κ3) is 3.87. The lowest BCUT2D eigenvalue weighted by Gasteiger charge is -2.06. The Labute approximate surface area is 120 Å². The maximum atomic E-state index is 11.6. The third-order valence-electron chi connectivity index (χ3n) is 2.54. The van der Waals surface area contributed by atoms with E-state index >= 15 is 0 Å². The van der Waals surface area contributed by atoms with Crippen molar-refractivity contribution in [2.45, 2.75) is 13.1 Å². The van der Waals surface area contributed by atoms with Crippen molar-refractivity contribution in [1.82, 2.24) is 10.3 Å². The summed E-state index contributed by atoms with van der Waals surface area (Å²) in [6.45, 7) is 0.713. The molecule has 2 amide bonds. The molecule has 0 aliphatic heterocycles. The van der Waals surface area contributed by atoms with Gasteiger partial charge >= 0.3 is 11.8 Å². The fourth-order valence-electron chi connectivity index (χ4n) is 1.57. The van der Waals surface area contributed by atoms with E-state index in [9.17, 15) is 9.59 Å². The average Bonchev–Trinajstić information content (AvgIpc) is 2.97. The number of amides is 2. The molecule has 0 unspecified atom stereocenters. The number of aromatic nitrogens is 1. The van der Waals surface area contributed by atoms with Crippen molar-refractivity contribution >= 4 is 28.3 Å². The van der Waals surface area contributed by atoms with Gasteiger partial charge in [-0.05, 0) is 11.1 Å². The summed E-state index contributed by atoms with van der Waals surface area (Å²) in [5.41, 5.74) is 7.41. The molecule has 2 aromatic rings. The lowest BCUT2D eigenvalue weighted by molar-refractivity contribution is -0.136. The Kier molecular flexibility index (Phi) is 4.80. The SMILES string of the molecule is NCc1cccc(CNC(=O)C(=O)Nc2nccs2)c1. The van der Waals surface area contributed by atoms with E-state index in [0.29, 0.717) is 11.7 Å². The Morgan fingerprint density at radius 1 is 1.25 bits per heavy atom. The molecule has 1 aromatic carbocycles. The number of carbonyl (C=O) groups excluding carboxylic acids is 2. The second-order valence-electron chi connectivity index (χ2n) is 4.00. The first kappa shape index (κ1) is 14.2. The summed E-state index contributed by atoms with van der Waals surface area (Å²) in [6, 6.07) is 7.51. The molecule has 7 heteroatoms. The van der Waals surface area contributed by atoms with Crippen LogP contribution in [0.5, 0.6) is 0 Å². The van der Waals surface area contributed by atoms with Crippen LogP contribution >= 0.6 is 11.3 Å². The summed E-state index contributed by atoms with van der Waals surface area (Å²) >= 11 is 1.25. The molecular formula is C13H14N4O2S. The molecule has 104 valence electrons. The summed E-state index contributed by atoms with van der Waals surface area (Å²) < 4.78 is 0. The predicted octanol–water partition coefficient (Wildman–Crippen LogP) is 0.857. The first-order valence-electron chi connectivity index (χ1n) is 5.95. The Hall–Kier alpha value is -2.25. The van der Waals surface area contributed by atoms with Crippen molar-refractivity contribution < 1.29 is 9.59 Å². The van der Waals surface area contributed by atoms with Crippen LogP contribution in [0.25, 0.3) is 0 Å². The van der Waals surface area contributed by atoms with Crippen molar-refractivity contribution in [3.05, 3.63) is 47.0 Å². The highest BCUT2D eigenvalue weighted by Crippen LogP contribution is 2.09. The van der Waals surface area contributed by atoms with Gasteiger partial charge in [-0.1, -0.05) is 24.3 Å². The molecular weight excluding hydrogens is 276 g/mol. The van der Waals surface area contributed by atoms with E-state index < -0.39 is 11.8 Å². The largest absolute Gasteiger partial charge is 0.344 e. The number of anilines is 1. The first-order valence-corrected chi connectivity index (χ1v) is 6.83. The Morgan fingerprint density at radius 2 is 2.05 bits per heavy atom. The van der Waals surface area contributed by atoms with E-state index in [0.717, 1.165) is 11.1 Å². The van der Waals surface area contributed by atoms with Gasteiger partial charge in [0.1, 0.15) is 0 Å². The summed E-state index contributed by atoms with van der Waals surface area (Å²) in [5.74, 6) is -1.42. The Balaban J connectivity index is 1.86. The zero-order valence-electron chi connectivity index (χ0n) is 10.6. The second-order valence-corrected chi connectivity index (χ2v) is 4.89. The topological polar surface area (TPSA) is 97.1 Å². The van der Waals surface area contributed by atoms with Gasteiger partial charge in [-0.3, -0.25) is 14.9 Å². The standard InChI is InChI=1S/C13H14N4O2S/c14-7-9-2-1-3-10(6-9)8-16-11(18)12(19)17-13-15-4-5-20-13/h1-6H,7-8,14H2,(H,16,18)(H,15,17,19). The number of thiazole rings is 1. The second kappa shape index (κ2) is 6.78. The molecule has 4 N–H and O–H groups in total. The maximum absolute atomic E-state index is 11.6. The van der Waals surface area contributed by atoms with E-state index in [-0.39, 0.29) is 6.54 Å². The fourth-order valence-corrected chi connectivity index (χ4v) is 2.09. The number of carbonyl (C=O) groups is 2. The molecule has 6 nitrogen and oxygen atoms in total. The van der Waals surface area contributed by atoms with Crippen molar-refractivity contribution in [2.75, 3.05) is 5.32 Å². The third-order valence-corrected chi connectivity index (χ3v) is 3.23. The molecule has 0 saturated carbocycles. The quantitative estimate of drug-likeness (QED) is 0.727. The number of benzene rings is 1. The van der Waals surface area contributed by atoms with Crippen molar-refractivity contribution in [1.29, 1.82) is 0 Å². The average molecular weight is 290 g/mol. The molecule has 0 bridgehead atoms. The number of hydrogen-bond acceptors (Lipinski definition) is 5. The van der Waals surface area contributed by atoms with E-state index in [1.165, 1.54) is 11.3 Å². The van der Waals surface area contributed by atoms with E-state index in [1.54, 1.807) is 11.6 Å². The van der Waals surface area contributed by atoms with E-state index in [1.807, 2.05) is 24.3 Å². The minimum absolute atomic E-state index is 0.276. The molecule has 1 aromatic heterocycles. The van der Waals surface area contributed by atoms with Crippen LogP contribution in [0.1, 0.15) is 11.1 Å². The molecule has 20 heavy (non-hydrogen) atoms. The molecule has 0 atom stereocenters. The summed E-state index contributed by atoms with van der Waals surface area (Å²) in [7, 11) is 0. The number of nitrogens with one attached hydrogen (secondary N) is 2. The van der Waals surface area contributed by atoms with Crippen LogP contribution in [-0.2, 0) is 22.7 Å². The highest BCUT2D eigenvalue weighted by molar-refractivity contribution is 7.13. The molecule has 0 saturated heterocycles. The van der Waals surface area contributed by atoms with Crippen LogP contribution in [0, 0.1) is 0 Å². The van der Waals surface area contributed by atoms with Gasteiger partial charge in [0.25, 0.3) is 0 Å². The van der Waals surface area contributed by atoms with E-state index in [2.05, 4.69) is 15.6 Å². The Bertz CT molecular complexity index is 598. The van der Waals surface area contributed by atoms with Gasteiger partial charge < -0.3 is 11.1 Å². The summed E-state index contributed by atoms with van der Waals surface area (Å²) in [4.78, 5) is 27.1. The number of rotatable bonds is 4. The van der Waals surface area contributed by atoms with Crippen molar-refractivity contribution in [3.8, 4) is 0 Å². The van der Waals surface area contributed by atoms with Crippen molar-refractivity contribution in [3.63, 3.8) is 0 Å². The van der Waals surface area contributed by atoms with Gasteiger partial charge in [-0.25, -0.2) is 4.98 Å². The Morgan fingerprint density at radius 3 is 2.75 bits per heavy atom. The van der Waals surface area contributed by atoms with Crippen molar-refractivity contribution in [2.24, 2.45) is 5.73 Å². The monoisotopic (exact) mass is 290 g/mol. The van der Waals surface area contributed by atoms with Crippen LogP contribution in [-0.4, -0.2) is 16.8 Å². The number of nitrogens with zero attached hydrogens (tertiary/aromatic N) is 1. The van der Waals surface area contributed by atoms with Gasteiger partial charge in [-0.2, -0.15) is 0 Å². The molecule has 1 heterocycles. The van der Waals surface area contributed by atoms with Crippen LogP contribution in [0.15, 0.2) is 35.8 Å². The number of hydrogen-bond donors (Lipinski definition) is 3. The zero-order chi connectivity index (χ0) is 14.4. The highest BCUT2D eigenvalue weighted by Gasteiger charge is 2.14. The molecule has 0 fully saturated rings. The lowest BCUT2D eigenvalue weighted by Crippen LogP contribution is -2.34. The first-order chi connectivity index (χ1) is 9.69. The van der Waals surface area contributed by atoms with E-state index in [4.69, 9.17) is 5.73 Å². The van der Waals surface area contributed by atoms with Gasteiger partial charge in [-0.15, -0.1) is 11.3 Å². The summed E-state index contributed by atoms with van der Waals surface area (Å²) in [6.07, 6.45) is 1.55. The van der Waals surface area contributed by atoms with Crippen LogP contribution < -0.4 is 16.4 Å². The maximum Gasteiger partial charge on any atom is 0.315 e. The molecule has 0 radical (unpaired) electrons. The van der Waals surface area contributed by atoms with Crippen LogP contribution in [0.3, 0.4) is 0 Å². The minimum atomic E-state index is -0.727. The fraction of sp³-hybridized carbons (Fsp3) is 0.154. The van der Waals surface area contributed by atoms with Gasteiger partial charge in [0.2, 0.25) is 0 Å². The minimum Gasteiger partial charge on any atom is -0.344 e. The predicted molar refractivity (Wildman–Crippen MR) is 76.9 cm³/mol. The van der Waals surface area contributed by atoms with Crippen LogP contribution in [0.2, 0.25) is 0 Å². The lowest BCUT2D eigenvalue weighted by atomic mass is 10.1. The normalized spacial score (nSPS) is 10.1. The number of nitrogens with two attached hydrogens (primary N) is 1. The van der Waals surface area contributed by atoms with Gasteiger partial charge in [0.15, 0.2) is 5.13 Å². The van der Waals surface area contributed by atoms with Gasteiger partial charge in [0, 0.05) is 24.7 Å². The molecule has 0 spiro atoms. The van der Waals surface area contributed by atoms with Crippen LogP contribution in [0.4, 0.5) is 5.13 Å². The zero-order valence-corrected chi connectivity index (χ0v) is 11.4. The molecule has 0 aliphatic carbocycles. The smallest absolute Gasteiger partial charge is 0.315 e. The molecule has 2 rings (SSSR count). The van der Waals surface area contributed by atoms with Gasteiger partial charge in [0.05, 0.1) is 0 Å². The highest BCUT2D eigenvalue weighted by atomic mass is 32.1.